The van der Waals surface area contributed by atoms with Gasteiger partial charge in [0, 0.05) is 13.1 Å². The van der Waals surface area contributed by atoms with Gasteiger partial charge in [-0.1, -0.05) is 12.1 Å². The van der Waals surface area contributed by atoms with Crippen LogP contribution in [0.15, 0.2) is 29.3 Å². The molecule has 0 saturated heterocycles. The lowest BCUT2D eigenvalue weighted by atomic mass is 10.2. The zero-order valence-corrected chi connectivity index (χ0v) is 11.2. The van der Waals surface area contributed by atoms with Crippen molar-refractivity contribution in [1.82, 2.24) is 10.6 Å². The smallest absolute Gasteiger partial charge is 0.390 e. The van der Waals surface area contributed by atoms with E-state index >= 15 is 0 Å². The second-order valence-corrected chi connectivity index (χ2v) is 4.16. The van der Waals surface area contributed by atoms with Crippen LogP contribution in [0.5, 0.6) is 5.75 Å². The third-order valence-corrected chi connectivity index (χ3v) is 2.38. The Labute approximate surface area is 115 Å². The number of phenols is 1. The van der Waals surface area contributed by atoms with Gasteiger partial charge in [0.2, 0.25) is 0 Å². The molecule has 1 aromatic rings. The van der Waals surface area contributed by atoms with E-state index in [0.29, 0.717) is 12.5 Å². The number of alkyl halides is 3. The fraction of sp³-hybridized carbons (Fsp3) is 0.462. The first-order chi connectivity index (χ1) is 9.40. The van der Waals surface area contributed by atoms with Crippen LogP contribution in [0.4, 0.5) is 13.2 Å². The van der Waals surface area contributed by atoms with Gasteiger partial charge < -0.3 is 15.7 Å². The average molecular weight is 289 g/mol. The Balaban J connectivity index is 2.54. The van der Waals surface area contributed by atoms with E-state index in [1.807, 2.05) is 6.92 Å². The number of aliphatic imine (C=N–C) groups is 1. The summed E-state index contributed by atoms with van der Waals surface area (Å²) in [7, 11) is 0. The summed E-state index contributed by atoms with van der Waals surface area (Å²) in [6.45, 7) is 2.43. The van der Waals surface area contributed by atoms with E-state index in [4.69, 9.17) is 0 Å². The molecule has 1 aromatic carbocycles. The summed E-state index contributed by atoms with van der Waals surface area (Å²) in [6.07, 6.45) is -5.10. The molecular formula is C13H18F3N3O. The molecule has 0 spiro atoms. The minimum atomic E-state index is -4.18. The molecule has 1 rings (SSSR count). The maximum atomic E-state index is 12.1. The molecule has 20 heavy (non-hydrogen) atoms. The molecule has 3 N–H and O–H groups in total. The van der Waals surface area contributed by atoms with Gasteiger partial charge in [-0.15, -0.1) is 0 Å². The molecule has 0 unspecified atom stereocenters. The molecule has 4 nitrogen and oxygen atoms in total. The van der Waals surface area contributed by atoms with Gasteiger partial charge in [0.15, 0.2) is 5.96 Å². The Hall–Kier alpha value is -1.92. The van der Waals surface area contributed by atoms with Crippen molar-refractivity contribution >= 4 is 5.96 Å². The lowest BCUT2D eigenvalue weighted by Crippen LogP contribution is -2.38. The van der Waals surface area contributed by atoms with Crippen molar-refractivity contribution in [3.63, 3.8) is 0 Å². The summed E-state index contributed by atoms with van der Waals surface area (Å²) in [4.78, 5) is 4.16. The maximum Gasteiger partial charge on any atom is 0.390 e. The molecule has 0 fully saturated rings. The number of phenolic OH excluding ortho intramolecular Hbond substituents is 1. The maximum absolute atomic E-state index is 12.1. The van der Waals surface area contributed by atoms with E-state index in [1.165, 1.54) is 0 Å². The van der Waals surface area contributed by atoms with Crippen LogP contribution in [0.25, 0.3) is 0 Å². The van der Waals surface area contributed by atoms with Crippen LogP contribution in [0.3, 0.4) is 0 Å². The zero-order chi connectivity index (χ0) is 15.0. The van der Waals surface area contributed by atoms with E-state index in [-0.39, 0.29) is 18.8 Å². The highest BCUT2D eigenvalue weighted by Gasteiger charge is 2.26. The van der Waals surface area contributed by atoms with Gasteiger partial charge in [0.05, 0.1) is 13.0 Å². The Morgan fingerprint density at radius 1 is 1.30 bits per heavy atom. The van der Waals surface area contributed by atoms with Crippen molar-refractivity contribution in [2.45, 2.75) is 26.1 Å². The normalized spacial score (nSPS) is 12.3. The Kier molecular flexibility index (Phi) is 6.14. The first kappa shape index (κ1) is 16.1. The molecule has 0 atom stereocenters. The summed E-state index contributed by atoms with van der Waals surface area (Å²) in [5, 5.41) is 14.8. The number of nitrogens with zero attached hydrogens (tertiary/aromatic N) is 1. The van der Waals surface area contributed by atoms with Crippen molar-refractivity contribution in [1.29, 1.82) is 0 Å². The van der Waals surface area contributed by atoms with Gasteiger partial charge in [-0.2, -0.15) is 13.2 Å². The van der Waals surface area contributed by atoms with E-state index in [0.717, 1.165) is 5.56 Å². The molecule has 0 aliphatic heterocycles. The molecule has 0 radical (unpaired) electrons. The monoisotopic (exact) mass is 289 g/mol. The molecule has 0 bridgehead atoms. The van der Waals surface area contributed by atoms with E-state index < -0.39 is 12.6 Å². The molecular weight excluding hydrogens is 271 g/mol. The molecule has 7 heteroatoms. The molecule has 0 saturated carbocycles. The van der Waals surface area contributed by atoms with Crippen LogP contribution in [0, 0.1) is 0 Å². The second kappa shape index (κ2) is 7.62. The van der Waals surface area contributed by atoms with Gasteiger partial charge in [-0.25, -0.2) is 4.99 Å². The standard InChI is InChI=1S/C13H18F3N3O/c1-2-17-12(18-7-6-13(14,15)16)19-9-10-4-3-5-11(20)8-10/h3-5,8,20H,2,6-7,9H2,1H3,(H2,17,18,19). The number of benzene rings is 1. The van der Waals surface area contributed by atoms with Crippen LogP contribution in [-0.4, -0.2) is 30.3 Å². The third kappa shape index (κ3) is 6.86. The number of halogens is 3. The van der Waals surface area contributed by atoms with Crippen LogP contribution >= 0.6 is 0 Å². The summed E-state index contributed by atoms with van der Waals surface area (Å²) in [5.74, 6) is 0.452. The largest absolute Gasteiger partial charge is 0.508 e. The number of rotatable bonds is 5. The van der Waals surface area contributed by atoms with Crippen molar-refractivity contribution in [3.8, 4) is 5.75 Å². The zero-order valence-electron chi connectivity index (χ0n) is 11.2. The Morgan fingerprint density at radius 2 is 2.05 bits per heavy atom. The summed E-state index contributed by atoms with van der Waals surface area (Å²) in [6, 6.07) is 6.56. The number of aromatic hydroxyl groups is 1. The van der Waals surface area contributed by atoms with Crippen LogP contribution in [0.1, 0.15) is 18.9 Å². The SMILES string of the molecule is CCNC(=NCc1cccc(O)c1)NCCC(F)(F)F. The van der Waals surface area contributed by atoms with Crippen LogP contribution in [0.2, 0.25) is 0 Å². The van der Waals surface area contributed by atoms with Gasteiger partial charge >= 0.3 is 6.18 Å². The minimum Gasteiger partial charge on any atom is -0.508 e. The lowest BCUT2D eigenvalue weighted by Gasteiger charge is -2.12. The minimum absolute atomic E-state index is 0.132. The number of nitrogens with one attached hydrogen (secondary N) is 2. The summed E-state index contributed by atoms with van der Waals surface area (Å²) in [5.41, 5.74) is 0.776. The number of guanidine groups is 1. The first-order valence-corrected chi connectivity index (χ1v) is 6.27. The van der Waals surface area contributed by atoms with Crippen LogP contribution < -0.4 is 10.6 Å². The van der Waals surface area contributed by atoms with Crippen molar-refractivity contribution < 1.29 is 18.3 Å². The Morgan fingerprint density at radius 3 is 2.65 bits per heavy atom. The summed E-state index contributed by atoms with van der Waals surface area (Å²) < 4.78 is 36.2. The number of hydrogen-bond donors (Lipinski definition) is 3. The highest BCUT2D eigenvalue weighted by atomic mass is 19.4. The van der Waals surface area contributed by atoms with Crippen molar-refractivity contribution in [3.05, 3.63) is 29.8 Å². The van der Waals surface area contributed by atoms with Gasteiger partial charge in [-0.3, -0.25) is 0 Å². The van der Waals surface area contributed by atoms with Gasteiger partial charge in [-0.05, 0) is 24.6 Å². The predicted molar refractivity (Wildman–Crippen MR) is 71.6 cm³/mol. The van der Waals surface area contributed by atoms with Gasteiger partial charge in [0.25, 0.3) is 0 Å². The van der Waals surface area contributed by atoms with E-state index in [1.54, 1.807) is 24.3 Å². The highest BCUT2D eigenvalue weighted by molar-refractivity contribution is 5.79. The lowest BCUT2D eigenvalue weighted by molar-refractivity contribution is -0.132. The van der Waals surface area contributed by atoms with E-state index in [9.17, 15) is 18.3 Å². The molecule has 0 aliphatic rings. The average Bonchev–Trinajstić information content (AvgIpc) is 2.34. The molecule has 0 heterocycles. The van der Waals surface area contributed by atoms with Crippen LogP contribution in [-0.2, 0) is 6.54 Å². The predicted octanol–water partition coefficient (Wildman–Crippen LogP) is 2.40. The molecule has 0 aromatic heterocycles. The highest BCUT2D eigenvalue weighted by Crippen LogP contribution is 2.18. The molecule has 0 aliphatic carbocycles. The quantitative estimate of drug-likeness (QED) is 0.576. The number of hydrogen-bond acceptors (Lipinski definition) is 2. The third-order valence-electron chi connectivity index (χ3n) is 2.38. The Bertz CT molecular complexity index is 447. The van der Waals surface area contributed by atoms with Gasteiger partial charge in [0.1, 0.15) is 5.75 Å². The molecule has 112 valence electrons. The second-order valence-electron chi connectivity index (χ2n) is 4.16. The van der Waals surface area contributed by atoms with E-state index in [2.05, 4.69) is 15.6 Å². The van der Waals surface area contributed by atoms with Crippen molar-refractivity contribution in [2.24, 2.45) is 4.99 Å². The topological polar surface area (TPSA) is 56.7 Å². The first-order valence-electron chi connectivity index (χ1n) is 6.27. The summed E-state index contributed by atoms with van der Waals surface area (Å²) >= 11 is 0. The fourth-order valence-electron chi connectivity index (χ4n) is 1.49. The fourth-order valence-corrected chi connectivity index (χ4v) is 1.49. The molecule has 0 amide bonds. The van der Waals surface area contributed by atoms with Crippen molar-refractivity contribution in [2.75, 3.05) is 13.1 Å².